The van der Waals surface area contributed by atoms with Gasteiger partial charge in [0.2, 0.25) is 0 Å². The van der Waals surface area contributed by atoms with E-state index in [1.54, 1.807) is 0 Å². The zero-order valence-electron chi connectivity index (χ0n) is 11.4. The fourth-order valence-corrected chi connectivity index (χ4v) is 3.33. The molecule has 0 fully saturated rings. The van der Waals surface area contributed by atoms with Crippen molar-refractivity contribution in [1.82, 2.24) is 0 Å². The van der Waals surface area contributed by atoms with Crippen molar-refractivity contribution in [3.05, 3.63) is 64.1 Å². The van der Waals surface area contributed by atoms with Gasteiger partial charge in [-0.25, -0.2) is 0 Å². The maximum absolute atomic E-state index is 12.1. The van der Waals surface area contributed by atoms with Crippen LogP contribution in [0.4, 0.5) is 0 Å². The van der Waals surface area contributed by atoms with Gasteiger partial charge in [0, 0.05) is 16.5 Å². The zero-order valence-corrected chi connectivity index (χ0v) is 13.0. The van der Waals surface area contributed by atoms with Gasteiger partial charge in [-0.2, -0.15) is 0 Å². The van der Waals surface area contributed by atoms with Crippen LogP contribution >= 0.6 is 15.9 Å². The number of halogens is 1. The molecular weight excluding hydrogens is 332 g/mol. The highest BCUT2D eigenvalue weighted by Crippen LogP contribution is 2.42. The van der Waals surface area contributed by atoms with Crippen LogP contribution in [0, 0.1) is 0 Å². The quantitative estimate of drug-likeness (QED) is 0.919. The fourth-order valence-electron chi connectivity index (χ4n) is 2.91. The van der Waals surface area contributed by atoms with Crippen molar-refractivity contribution in [1.29, 1.82) is 0 Å². The maximum Gasteiger partial charge on any atom is 0.314 e. The van der Waals surface area contributed by atoms with Crippen LogP contribution in [0.3, 0.4) is 0 Å². The van der Waals surface area contributed by atoms with Gasteiger partial charge in [-0.3, -0.25) is 4.79 Å². The van der Waals surface area contributed by atoms with E-state index >= 15 is 0 Å². The molecule has 1 aliphatic heterocycles. The molecule has 4 heteroatoms. The van der Waals surface area contributed by atoms with Crippen LogP contribution in [0.15, 0.2) is 53.0 Å². The number of rotatable bonds is 3. The Hall–Kier alpha value is -1.81. The summed E-state index contributed by atoms with van der Waals surface area (Å²) in [5.74, 6) is -0.118. The van der Waals surface area contributed by atoms with Crippen LogP contribution in [-0.2, 0) is 16.6 Å². The molecule has 0 bridgehead atoms. The lowest BCUT2D eigenvalue weighted by Gasteiger charge is -2.35. The highest BCUT2D eigenvalue weighted by molar-refractivity contribution is 9.10. The monoisotopic (exact) mass is 346 g/mol. The van der Waals surface area contributed by atoms with E-state index in [4.69, 9.17) is 4.74 Å². The first-order valence-corrected chi connectivity index (χ1v) is 7.62. The lowest BCUT2D eigenvalue weighted by atomic mass is 9.72. The van der Waals surface area contributed by atoms with Crippen molar-refractivity contribution in [3.8, 4) is 5.75 Å². The zero-order chi connectivity index (χ0) is 14.9. The molecule has 0 aliphatic carbocycles. The summed E-state index contributed by atoms with van der Waals surface area (Å²) in [5.41, 5.74) is 0.828. The number of hydrogen-bond acceptors (Lipinski definition) is 2. The second-order valence-corrected chi connectivity index (χ2v) is 6.10. The molecule has 1 unspecified atom stereocenters. The largest absolute Gasteiger partial charge is 0.493 e. The summed E-state index contributed by atoms with van der Waals surface area (Å²) in [6, 6.07) is 15.2. The third-order valence-corrected chi connectivity index (χ3v) is 4.82. The van der Waals surface area contributed by atoms with Crippen molar-refractivity contribution in [3.63, 3.8) is 0 Å². The molecule has 1 heterocycles. The normalized spacial score (nSPS) is 20.4. The molecule has 1 atom stereocenters. The van der Waals surface area contributed by atoms with Crippen LogP contribution in [0.2, 0.25) is 0 Å². The van der Waals surface area contributed by atoms with E-state index in [1.807, 2.05) is 48.5 Å². The van der Waals surface area contributed by atoms with E-state index in [0.717, 1.165) is 15.6 Å². The highest BCUT2D eigenvalue weighted by Gasteiger charge is 2.44. The van der Waals surface area contributed by atoms with Crippen molar-refractivity contribution in [2.24, 2.45) is 0 Å². The van der Waals surface area contributed by atoms with Crippen LogP contribution in [-0.4, -0.2) is 17.7 Å². The van der Waals surface area contributed by atoms with Gasteiger partial charge < -0.3 is 9.84 Å². The molecule has 0 aromatic heterocycles. The number of carbonyl (C=O) groups is 1. The van der Waals surface area contributed by atoms with Gasteiger partial charge in [0.05, 0.1) is 6.61 Å². The Labute approximate surface area is 131 Å². The predicted molar refractivity (Wildman–Crippen MR) is 83.7 cm³/mol. The molecule has 3 nitrogen and oxygen atoms in total. The Bertz CT molecular complexity index is 683. The first-order valence-electron chi connectivity index (χ1n) is 6.82. The summed E-state index contributed by atoms with van der Waals surface area (Å²) in [5, 5.41) is 9.92. The number of fused-ring (bicyclic) bond motifs is 1. The molecular formula is C17H15BrO3. The third-order valence-electron chi connectivity index (χ3n) is 4.05. The number of benzene rings is 2. The average molecular weight is 347 g/mol. The first-order chi connectivity index (χ1) is 10.1. The van der Waals surface area contributed by atoms with Crippen LogP contribution in [0.5, 0.6) is 5.75 Å². The maximum atomic E-state index is 12.1. The van der Waals surface area contributed by atoms with Gasteiger partial charge >= 0.3 is 5.97 Å². The number of aliphatic carboxylic acids is 1. The number of hydrogen-bond donors (Lipinski definition) is 1. The van der Waals surface area contributed by atoms with E-state index in [1.165, 1.54) is 0 Å². The molecule has 1 N–H and O–H groups in total. The topological polar surface area (TPSA) is 46.5 Å². The van der Waals surface area contributed by atoms with Gasteiger partial charge in [0.1, 0.15) is 11.2 Å². The Kier molecular flexibility index (Phi) is 3.72. The minimum atomic E-state index is -0.932. The van der Waals surface area contributed by atoms with Crippen LogP contribution in [0.1, 0.15) is 17.5 Å². The fraction of sp³-hybridized carbons (Fsp3) is 0.235. The van der Waals surface area contributed by atoms with Crippen molar-refractivity contribution >= 4 is 21.9 Å². The molecule has 21 heavy (non-hydrogen) atoms. The summed E-state index contributed by atoms with van der Waals surface area (Å²) in [7, 11) is 0. The second-order valence-electron chi connectivity index (χ2n) is 5.25. The van der Waals surface area contributed by atoms with Gasteiger partial charge in [0.15, 0.2) is 0 Å². The number of para-hydroxylation sites is 1. The van der Waals surface area contributed by atoms with Crippen LogP contribution < -0.4 is 4.74 Å². The Morgan fingerprint density at radius 2 is 1.90 bits per heavy atom. The molecule has 3 rings (SSSR count). The van der Waals surface area contributed by atoms with E-state index < -0.39 is 11.4 Å². The van der Waals surface area contributed by atoms with Gasteiger partial charge in [0.25, 0.3) is 0 Å². The third kappa shape index (κ3) is 2.44. The van der Waals surface area contributed by atoms with Crippen molar-refractivity contribution < 1.29 is 14.6 Å². The molecule has 2 aromatic rings. The summed E-state index contributed by atoms with van der Waals surface area (Å²) >= 11 is 3.51. The predicted octanol–water partition coefficient (Wildman–Crippen LogP) is 3.80. The lowest BCUT2D eigenvalue weighted by Crippen LogP contribution is -2.42. The van der Waals surface area contributed by atoms with Crippen LogP contribution in [0.25, 0.3) is 0 Å². The summed E-state index contributed by atoms with van der Waals surface area (Å²) in [4.78, 5) is 12.1. The molecule has 0 amide bonds. The Morgan fingerprint density at radius 1 is 1.19 bits per heavy atom. The van der Waals surface area contributed by atoms with E-state index in [9.17, 15) is 9.90 Å². The van der Waals surface area contributed by atoms with Gasteiger partial charge in [-0.05, 0) is 24.1 Å². The average Bonchev–Trinajstić information content (AvgIpc) is 2.49. The minimum absolute atomic E-state index is 0.424. The highest BCUT2D eigenvalue weighted by atomic mass is 79.9. The van der Waals surface area contributed by atoms with E-state index in [2.05, 4.69) is 15.9 Å². The first kappa shape index (κ1) is 14.1. The van der Waals surface area contributed by atoms with E-state index in [-0.39, 0.29) is 0 Å². The molecule has 108 valence electrons. The number of ether oxygens (including phenoxy) is 1. The summed E-state index contributed by atoms with van der Waals surface area (Å²) in [6.45, 7) is 0.424. The number of carboxylic acids is 1. The standard InChI is InChI=1S/C17H15BrO3/c18-14-7-3-1-5-12(14)11-17(16(19)20)9-10-21-15-8-4-2-6-13(15)17/h1-8H,9-11H2,(H,19,20). The smallest absolute Gasteiger partial charge is 0.314 e. The van der Waals surface area contributed by atoms with Gasteiger partial charge in [-0.15, -0.1) is 0 Å². The molecule has 0 spiro atoms. The minimum Gasteiger partial charge on any atom is -0.493 e. The Balaban J connectivity index is 2.11. The van der Waals surface area contributed by atoms with E-state index in [0.29, 0.717) is 25.2 Å². The van der Waals surface area contributed by atoms with Crippen molar-refractivity contribution in [2.45, 2.75) is 18.3 Å². The Morgan fingerprint density at radius 3 is 2.67 bits per heavy atom. The van der Waals surface area contributed by atoms with Gasteiger partial charge in [-0.1, -0.05) is 52.3 Å². The molecule has 0 radical (unpaired) electrons. The van der Waals surface area contributed by atoms with Crippen molar-refractivity contribution in [2.75, 3.05) is 6.61 Å². The molecule has 0 saturated heterocycles. The number of carboxylic acid groups (broad SMARTS) is 1. The summed E-state index contributed by atoms with van der Waals surface area (Å²) < 4.78 is 6.56. The lowest BCUT2D eigenvalue weighted by molar-refractivity contribution is -0.145. The second kappa shape index (κ2) is 5.53. The molecule has 0 saturated carbocycles. The molecule has 1 aliphatic rings. The molecule has 2 aromatic carbocycles. The summed E-state index contributed by atoms with van der Waals surface area (Å²) in [6.07, 6.45) is 0.921. The SMILES string of the molecule is O=C(O)C1(Cc2ccccc2Br)CCOc2ccccc21.